The molecule has 0 aliphatic carbocycles. The van der Waals surface area contributed by atoms with Gasteiger partial charge in [-0.1, -0.05) is 13.3 Å². The van der Waals surface area contributed by atoms with E-state index in [0.717, 1.165) is 32.5 Å². The highest BCUT2D eigenvalue weighted by Crippen LogP contribution is 2.29. The minimum atomic E-state index is -0.151. The lowest BCUT2D eigenvalue weighted by molar-refractivity contribution is -0.130. The predicted molar refractivity (Wildman–Crippen MR) is 78.1 cm³/mol. The Balaban J connectivity index is 1.79. The molecule has 0 radical (unpaired) electrons. The summed E-state index contributed by atoms with van der Waals surface area (Å²) in [4.78, 5) is 14.9. The van der Waals surface area contributed by atoms with E-state index in [1.165, 1.54) is 32.4 Å². The van der Waals surface area contributed by atoms with Crippen molar-refractivity contribution in [1.29, 1.82) is 0 Å². The second kappa shape index (κ2) is 6.71. The number of hydrogen-bond acceptors (Lipinski definition) is 3. The van der Waals surface area contributed by atoms with E-state index in [1.54, 1.807) is 0 Å². The van der Waals surface area contributed by atoms with Gasteiger partial charge in [-0.05, 0) is 52.2 Å². The minimum Gasteiger partial charge on any atom is -0.354 e. The third kappa shape index (κ3) is 3.48. The van der Waals surface area contributed by atoms with Gasteiger partial charge in [0.25, 0.3) is 0 Å². The van der Waals surface area contributed by atoms with Crippen LogP contribution in [0.5, 0.6) is 0 Å². The molecule has 110 valence electrons. The molecule has 0 saturated carbocycles. The summed E-state index contributed by atoms with van der Waals surface area (Å²) in [6, 6.07) is 0.465. The second-order valence-electron chi connectivity index (χ2n) is 6.22. The van der Waals surface area contributed by atoms with Crippen LogP contribution in [0.25, 0.3) is 0 Å². The van der Waals surface area contributed by atoms with Crippen molar-refractivity contribution in [1.82, 2.24) is 15.5 Å². The molecule has 0 bridgehead atoms. The largest absolute Gasteiger partial charge is 0.354 e. The number of amides is 1. The van der Waals surface area contributed by atoms with Crippen molar-refractivity contribution < 1.29 is 4.79 Å². The van der Waals surface area contributed by atoms with Gasteiger partial charge in [0, 0.05) is 19.1 Å². The van der Waals surface area contributed by atoms with Crippen LogP contribution in [0.2, 0.25) is 0 Å². The predicted octanol–water partition coefficient (Wildman–Crippen LogP) is 1.37. The third-order valence-corrected chi connectivity index (χ3v) is 4.97. The van der Waals surface area contributed by atoms with Crippen molar-refractivity contribution >= 4 is 5.91 Å². The first kappa shape index (κ1) is 14.8. The fourth-order valence-electron chi connectivity index (χ4n) is 3.32. The van der Waals surface area contributed by atoms with Gasteiger partial charge < -0.3 is 10.6 Å². The number of nitrogens with zero attached hydrogens (tertiary/aromatic N) is 1. The van der Waals surface area contributed by atoms with Crippen molar-refractivity contribution in [3.8, 4) is 0 Å². The van der Waals surface area contributed by atoms with Gasteiger partial charge in [0.05, 0.1) is 5.41 Å². The monoisotopic (exact) mass is 267 g/mol. The van der Waals surface area contributed by atoms with Crippen LogP contribution < -0.4 is 10.6 Å². The molecule has 0 aromatic heterocycles. The van der Waals surface area contributed by atoms with Crippen molar-refractivity contribution in [2.75, 3.05) is 32.7 Å². The summed E-state index contributed by atoms with van der Waals surface area (Å²) in [6.45, 7) is 9.35. The molecule has 2 saturated heterocycles. The number of carbonyl (C=O) groups excluding carboxylic acids is 1. The third-order valence-electron chi connectivity index (χ3n) is 4.97. The van der Waals surface area contributed by atoms with Crippen LogP contribution in [-0.2, 0) is 4.79 Å². The maximum atomic E-state index is 12.4. The zero-order chi connectivity index (χ0) is 13.7. The molecule has 2 unspecified atom stereocenters. The van der Waals surface area contributed by atoms with E-state index in [0.29, 0.717) is 6.04 Å². The zero-order valence-corrected chi connectivity index (χ0v) is 12.5. The summed E-state index contributed by atoms with van der Waals surface area (Å²) < 4.78 is 0. The fraction of sp³-hybridized carbons (Fsp3) is 0.933. The molecule has 19 heavy (non-hydrogen) atoms. The summed E-state index contributed by atoms with van der Waals surface area (Å²) in [5.41, 5.74) is -0.151. The lowest BCUT2D eigenvalue weighted by Gasteiger charge is -2.33. The van der Waals surface area contributed by atoms with Crippen LogP contribution in [0.4, 0.5) is 0 Å². The fourth-order valence-corrected chi connectivity index (χ4v) is 3.32. The molecule has 2 fully saturated rings. The maximum Gasteiger partial charge on any atom is 0.227 e. The van der Waals surface area contributed by atoms with Gasteiger partial charge in [-0.3, -0.25) is 9.69 Å². The van der Waals surface area contributed by atoms with Crippen LogP contribution in [0.1, 0.15) is 46.0 Å². The smallest absolute Gasteiger partial charge is 0.227 e. The Morgan fingerprint density at radius 2 is 2.11 bits per heavy atom. The molecule has 1 amide bonds. The molecule has 4 heteroatoms. The van der Waals surface area contributed by atoms with Gasteiger partial charge in [0.1, 0.15) is 0 Å². The minimum absolute atomic E-state index is 0.151. The molecule has 2 aliphatic rings. The van der Waals surface area contributed by atoms with Gasteiger partial charge in [-0.25, -0.2) is 0 Å². The molecule has 4 nitrogen and oxygen atoms in total. The Morgan fingerprint density at radius 3 is 2.68 bits per heavy atom. The Hall–Kier alpha value is -0.610. The average molecular weight is 267 g/mol. The average Bonchev–Trinajstić information content (AvgIpc) is 2.95. The molecule has 0 aromatic rings. The van der Waals surface area contributed by atoms with Gasteiger partial charge in [-0.15, -0.1) is 0 Å². The highest BCUT2D eigenvalue weighted by Gasteiger charge is 2.39. The summed E-state index contributed by atoms with van der Waals surface area (Å²) in [6.07, 6.45) is 5.89. The van der Waals surface area contributed by atoms with Gasteiger partial charge >= 0.3 is 0 Å². The number of nitrogens with one attached hydrogen (secondary N) is 2. The van der Waals surface area contributed by atoms with Crippen molar-refractivity contribution in [2.45, 2.75) is 52.0 Å². The van der Waals surface area contributed by atoms with Crippen LogP contribution in [0.15, 0.2) is 0 Å². The Bertz CT molecular complexity index is 294. The lowest BCUT2D eigenvalue weighted by Crippen LogP contribution is -2.48. The van der Waals surface area contributed by atoms with Gasteiger partial charge in [-0.2, -0.15) is 0 Å². The Kier molecular flexibility index (Phi) is 5.22. The van der Waals surface area contributed by atoms with Crippen LogP contribution >= 0.6 is 0 Å². The zero-order valence-electron chi connectivity index (χ0n) is 12.5. The molecule has 2 atom stereocenters. The van der Waals surface area contributed by atoms with E-state index >= 15 is 0 Å². The first-order chi connectivity index (χ1) is 9.18. The van der Waals surface area contributed by atoms with E-state index in [1.807, 2.05) is 0 Å². The number of rotatable bonds is 5. The topological polar surface area (TPSA) is 44.4 Å². The normalized spacial score (nSPS) is 30.2. The van der Waals surface area contributed by atoms with E-state index in [4.69, 9.17) is 0 Å². The second-order valence-corrected chi connectivity index (χ2v) is 6.22. The number of piperidine rings is 1. The molecule has 0 spiro atoms. The van der Waals surface area contributed by atoms with E-state index in [9.17, 15) is 4.79 Å². The molecule has 2 N–H and O–H groups in total. The van der Waals surface area contributed by atoms with Gasteiger partial charge in [0.15, 0.2) is 0 Å². The Morgan fingerprint density at radius 1 is 1.37 bits per heavy atom. The molecule has 0 aromatic carbocycles. The molecule has 2 heterocycles. The lowest BCUT2D eigenvalue weighted by atomic mass is 9.83. The maximum absolute atomic E-state index is 12.4. The highest BCUT2D eigenvalue weighted by atomic mass is 16.2. The van der Waals surface area contributed by atoms with E-state index in [2.05, 4.69) is 29.4 Å². The van der Waals surface area contributed by atoms with Crippen LogP contribution in [-0.4, -0.2) is 49.6 Å². The standard InChI is InChI=1S/C15H29N3O/c1-3-15(7-8-16-12-15)14(19)17-11-13(2)18-9-5-4-6-10-18/h13,16H,3-12H2,1-2H3,(H,17,19). The summed E-state index contributed by atoms with van der Waals surface area (Å²) >= 11 is 0. The van der Waals surface area contributed by atoms with Crippen LogP contribution in [0.3, 0.4) is 0 Å². The number of likely N-dealkylation sites (tertiary alicyclic amines) is 1. The van der Waals surface area contributed by atoms with Crippen LogP contribution in [0, 0.1) is 5.41 Å². The van der Waals surface area contributed by atoms with Crippen molar-refractivity contribution in [2.24, 2.45) is 5.41 Å². The van der Waals surface area contributed by atoms with E-state index in [-0.39, 0.29) is 11.3 Å². The molecular formula is C15H29N3O. The number of carbonyl (C=O) groups is 1. The SMILES string of the molecule is CCC1(C(=O)NCC(C)N2CCCCC2)CCNC1. The summed E-state index contributed by atoms with van der Waals surface area (Å²) in [5, 5.41) is 6.52. The highest BCUT2D eigenvalue weighted by molar-refractivity contribution is 5.83. The van der Waals surface area contributed by atoms with Gasteiger partial charge in [0.2, 0.25) is 5.91 Å². The first-order valence-corrected chi connectivity index (χ1v) is 7.91. The summed E-state index contributed by atoms with van der Waals surface area (Å²) in [7, 11) is 0. The van der Waals surface area contributed by atoms with Crippen molar-refractivity contribution in [3.63, 3.8) is 0 Å². The Labute approximate surface area is 117 Å². The number of hydrogen-bond donors (Lipinski definition) is 2. The van der Waals surface area contributed by atoms with E-state index < -0.39 is 0 Å². The first-order valence-electron chi connectivity index (χ1n) is 7.91. The molecular weight excluding hydrogens is 238 g/mol. The molecule has 2 aliphatic heterocycles. The summed E-state index contributed by atoms with van der Waals surface area (Å²) in [5.74, 6) is 0.254. The van der Waals surface area contributed by atoms with Crippen molar-refractivity contribution in [3.05, 3.63) is 0 Å². The molecule has 2 rings (SSSR count). The quantitative estimate of drug-likeness (QED) is 0.791.